The number of hydrogen-bond acceptors (Lipinski definition) is 2. The summed E-state index contributed by atoms with van der Waals surface area (Å²) in [5.41, 5.74) is 0.428. The average molecular weight is 200 g/mol. The molecule has 1 saturated carbocycles. The first kappa shape index (κ1) is 9.79. The van der Waals surface area contributed by atoms with E-state index in [0.29, 0.717) is 0 Å². The fourth-order valence-corrected chi connectivity index (χ4v) is 1.41. The second kappa shape index (κ2) is 3.78. The summed E-state index contributed by atoms with van der Waals surface area (Å²) in [4.78, 5) is 11.4. The molecule has 0 spiro atoms. The van der Waals surface area contributed by atoms with E-state index < -0.39 is 5.41 Å². The summed E-state index contributed by atoms with van der Waals surface area (Å²) in [6.07, 6.45) is 1.64. The number of hydrogen-bond donors (Lipinski definition) is 0. The summed E-state index contributed by atoms with van der Waals surface area (Å²) in [7, 11) is 1.41. The minimum absolute atomic E-state index is 0.203. The molecule has 1 aromatic rings. The Hall–Kier alpha value is -1.75. The van der Waals surface area contributed by atoms with Crippen LogP contribution in [0.5, 0.6) is 0 Å². The molecular formula is C13H12O2. The summed E-state index contributed by atoms with van der Waals surface area (Å²) in [5.74, 6) is 5.82. The van der Waals surface area contributed by atoms with Gasteiger partial charge in [0.1, 0.15) is 5.41 Å². The molecule has 0 amide bonds. The Labute approximate surface area is 89.3 Å². The van der Waals surface area contributed by atoms with E-state index in [0.717, 1.165) is 18.4 Å². The van der Waals surface area contributed by atoms with Crippen LogP contribution in [0.15, 0.2) is 30.3 Å². The fraction of sp³-hybridized carbons (Fsp3) is 0.308. The number of benzene rings is 1. The van der Waals surface area contributed by atoms with Gasteiger partial charge in [0.05, 0.1) is 7.11 Å². The molecule has 0 aliphatic heterocycles. The Morgan fingerprint density at radius 1 is 1.33 bits per heavy atom. The van der Waals surface area contributed by atoms with Gasteiger partial charge in [0, 0.05) is 5.56 Å². The molecular weight excluding hydrogens is 188 g/mol. The summed E-state index contributed by atoms with van der Waals surface area (Å²) >= 11 is 0. The number of methoxy groups -OCH3 is 1. The normalized spacial score (nSPS) is 16.1. The molecule has 2 heteroatoms. The van der Waals surface area contributed by atoms with Crippen molar-refractivity contribution in [2.45, 2.75) is 12.8 Å². The van der Waals surface area contributed by atoms with Gasteiger partial charge in [-0.1, -0.05) is 30.0 Å². The Bertz CT molecular complexity index is 419. The highest BCUT2D eigenvalue weighted by atomic mass is 16.5. The maximum atomic E-state index is 11.4. The largest absolute Gasteiger partial charge is 0.468 e. The van der Waals surface area contributed by atoms with Gasteiger partial charge in [-0.25, -0.2) is 0 Å². The third kappa shape index (κ3) is 2.02. The smallest absolute Gasteiger partial charge is 0.324 e. The van der Waals surface area contributed by atoms with E-state index in [1.807, 2.05) is 30.3 Å². The van der Waals surface area contributed by atoms with Crippen LogP contribution in [0, 0.1) is 17.3 Å². The molecule has 0 N–H and O–H groups in total. The summed E-state index contributed by atoms with van der Waals surface area (Å²) in [5, 5.41) is 0. The molecule has 0 saturated heterocycles. The van der Waals surface area contributed by atoms with Gasteiger partial charge >= 0.3 is 5.97 Å². The number of rotatable bonds is 1. The lowest BCUT2D eigenvalue weighted by Crippen LogP contribution is -2.15. The Morgan fingerprint density at radius 2 is 2.00 bits per heavy atom. The van der Waals surface area contributed by atoms with E-state index in [1.54, 1.807) is 0 Å². The van der Waals surface area contributed by atoms with E-state index in [4.69, 9.17) is 4.74 Å². The van der Waals surface area contributed by atoms with Gasteiger partial charge in [-0.15, -0.1) is 0 Å². The average Bonchev–Trinajstić information content (AvgIpc) is 3.08. The SMILES string of the molecule is COC(=O)C1(C#Cc2ccccc2)CC1. The van der Waals surface area contributed by atoms with Crippen LogP contribution in [0.25, 0.3) is 0 Å². The van der Waals surface area contributed by atoms with Gasteiger partial charge in [0.2, 0.25) is 0 Å². The lowest BCUT2D eigenvalue weighted by atomic mass is 10.1. The number of esters is 1. The lowest BCUT2D eigenvalue weighted by Gasteiger charge is -2.02. The highest BCUT2D eigenvalue weighted by Gasteiger charge is 2.50. The van der Waals surface area contributed by atoms with Gasteiger partial charge in [-0.3, -0.25) is 4.79 Å². The second-order valence-electron chi connectivity index (χ2n) is 3.69. The minimum atomic E-state index is -0.509. The van der Waals surface area contributed by atoms with Crippen LogP contribution in [-0.2, 0) is 9.53 Å². The summed E-state index contributed by atoms with van der Waals surface area (Å²) < 4.78 is 4.72. The monoisotopic (exact) mass is 200 g/mol. The summed E-state index contributed by atoms with van der Waals surface area (Å²) in [6.45, 7) is 0. The van der Waals surface area contributed by atoms with E-state index in [2.05, 4.69) is 11.8 Å². The zero-order valence-electron chi connectivity index (χ0n) is 8.62. The number of carbonyl (C=O) groups excluding carboxylic acids is 1. The molecule has 1 aliphatic carbocycles. The van der Waals surface area contributed by atoms with E-state index in [9.17, 15) is 4.79 Å². The topological polar surface area (TPSA) is 26.3 Å². The Kier molecular flexibility index (Phi) is 2.47. The zero-order chi connectivity index (χ0) is 10.7. The molecule has 0 unspecified atom stereocenters. The molecule has 0 heterocycles. The fourth-order valence-electron chi connectivity index (χ4n) is 1.41. The maximum Gasteiger partial charge on any atom is 0.324 e. The minimum Gasteiger partial charge on any atom is -0.468 e. The highest BCUT2D eigenvalue weighted by Crippen LogP contribution is 2.46. The van der Waals surface area contributed by atoms with Crippen LogP contribution < -0.4 is 0 Å². The predicted octanol–water partition coefficient (Wildman–Crippen LogP) is 1.99. The molecule has 2 rings (SSSR count). The van der Waals surface area contributed by atoms with Gasteiger partial charge < -0.3 is 4.74 Å². The molecule has 0 bridgehead atoms. The quantitative estimate of drug-likeness (QED) is 0.512. The lowest BCUT2D eigenvalue weighted by molar-refractivity contribution is -0.144. The van der Waals surface area contributed by atoms with Crippen LogP contribution >= 0.6 is 0 Å². The van der Waals surface area contributed by atoms with Crippen molar-refractivity contribution in [1.82, 2.24) is 0 Å². The third-order valence-corrected chi connectivity index (χ3v) is 2.55. The van der Waals surface area contributed by atoms with Gasteiger partial charge in [-0.2, -0.15) is 0 Å². The van der Waals surface area contributed by atoms with E-state index >= 15 is 0 Å². The van der Waals surface area contributed by atoms with Crippen molar-refractivity contribution in [3.05, 3.63) is 35.9 Å². The van der Waals surface area contributed by atoms with Gasteiger partial charge in [-0.05, 0) is 25.0 Å². The predicted molar refractivity (Wildman–Crippen MR) is 57.0 cm³/mol. The van der Waals surface area contributed by atoms with Crippen LogP contribution in [0.1, 0.15) is 18.4 Å². The van der Waals surface area contributed by atoms with Crippen molar-refractivity contribution in [2.24, 2.45) is 5.41 Å². The van der Waals surface area contributed by atoms with E-state index in [-0.39, 0.29) is 5.97 Å². The highest BCUT2D eigenvalue weighted by molar-refractivity contribution is 5.83. The first-order chi connectivity index (χ1) is 7.27. The van der Waals surface area contributed by atoms with Crippen molar-refractivity contribution in [3.63, 3.8) is 0 Å². The molecule has 0 radical (unpaired) electrons. The van der Waals surface area contributed by atoms with E-state index in [1.165, 1.54) is 7.11 Å². The van der Waals surface area contributed by atoms with Crippen molar-refractivity contribution >= 4 is 5.97 Å². The summed E-state index contributed by atoms with van der Waals surface area (Å²) in [6, 6.07) is 9.67. The molecule has 1 fully saturated rings. The van der Waals surface area contributed by atoms with Crippen molar-refractivity contribution < 1.29 is 9.53 Å². The standard InChI is InChI=1S/C13H12O2/c1-15-12(14)13(9-10-13)8-7-11-5-3-2-4-6-11/h2-6H,9-10H2,1H3. The van der Waals surface area contributed by atoms with Crippen molar-refractivity contribution in [2.75, 3.05) is 7.11 Å². The maximum absolute atomic E-state index is 11.4. The zero-order valence-corrected chi connectivity index (χ0v) is 8.62. The molecule has 2 nitrogen and oxygen atoms in total. The van der Waals surface area contributed by atoms with Crippen molar-refractivity contribution in [3.8, 4) is 11.8 Å². The second-order valence-corrected chi connectivity index (χ2v) is 3.69. The van der Waals surface area contributed by atoms with Crippen LogP contribution in [0.4, 0.5) is 0 Å². The number of ether oxygens (including phenoxy) is 1. The Balaban J connectivity index is 2.16. The third-order valence-electron chi connectivity index (χ3n) is 2.55. The first-order valence-electron chi connectivity index (χ1n) is 4.93. The van der Waals surface area contributed by atoms with Crippen molar-refractivity contribution in [1.29, 1.82) is 0 Å². The molecule has 1 aliphatic rings. The Morgan fingerprint density at radius 3 is 2.53 bits per heavy atom. The van der Waals surface area contributed by atoms with Crippen LogP contribution in [-0.4, -0.2) is 13.1 Å². The molecule has 1 aromatic carbocycles. The molecule has 76 valence electrons. The number of carbonyl (C=O) groups is 1. The molecule has 0 aromatic heterocycles. The first-order valence-corrected chi connectivity index (χ1v) is 4.93. The van der Waals surface area contributed by atoms with Crippen LogP contribution in [0.2, 0.25) is 0 Å². The molecule has 0 atom stereocenters. The van der Waals surface area contributed by atoms with Gasteiger partial charge in [0.25, 0.3) is 0 Å². The molecule has 15 heavy (non-hydrogen) atoms. The van der Waals surface area contributed by atoms with Crippen LogP contribution in [0.3, 0.4) is 0 Å². The van der Waals surface area contributed by atoms with Gasteiger partial charge in [0.15, 0.2) is 0 Å².